The molecule has 0 unspecified atom stereocenters. The standard InChI is InChI=1S/C15H14N4O3S/c1-9-4-6-12(7-5-9)23(21,22)18-13-8-14(17-19-16)15(20)11(3)10(13)2/h4-8H,1-3H3. The largest absolute Gasteiger partial charge is 0.289 e. The summed E-state index contributed by atoms with van der Waals surface area (Å²) in [5, 5.41) is 3.30. The molecule has 0 heterocycles. The number of aryl methyl sites for hydroxylation is 1. The molecule has 1 aromatic rings. The Hall–Kier alpha value is -2.70. The van der Waals surface area contributed by atoms with Gasteiger partial charge in [-0.2, -0.15) is 12.8 Å². The van der Waals surface area contributed by atoms with Crippen LogP contribution >= 0.6 is 0 Å². The molecule has 23 heavy (non-hydrogen) atoms. The molecule has 1 aliphatic carbocycles. The summed E-state index contributed by atoms with van der Waals surface area (Å²) in [5.41, 5.74) is 10.1. The first kappa shape index (κ1) is 16.7. The van der Waals surface area contributed by atoms with Crippen molar-refractivity contribution >= 4 is 21.5 Å². The van der Waals surface area contributed by atoms with E-state index in [9.17, 15) is 13.2 Å². The van der Waals surface area contributed by atoms with Crippen LogP contribution in [0.3, 0.4) is 0 Å². The van der Waals surface area contributed by atoms with Gasteiger partial charge in [-0.25, -0.2) is 0 Å². The van der Waals surface area contributed by atoms with E-state index in [4.69, 9.17) is 5.53 Å². The van der Waals surface area contributed by atoms with E-state index >= 15 is 0 Å². The lowest BCUT2D eigenvalue weighted by Crippen LogP contribution is -2.17. The molecule has 0 saturated heterocycles. The van der Waals surface area contributed by atoms with Crippen molar-refractivity contribution in [3.05, 3.63) is 63.2 Å². The number of allylic oxidation sites excluding steroid dienone is 3. The number of ketones is 1. The molecule has 0 saturated carbocycles. The van der Waals surface area contributed by atoms with Gasteiger partial charge in [-0.1, -0.05) is 22.8 Å². The summed E-state index contributed by atoms with van der Waals surface area (Å²) in [5.74, 6) is -0.438. The fourth-order valence-corrected chi connectivity index (χ4v) is 3.00. The normalized spacial score (nSPS) is 17.1. The van der Waals surface area contributed by atoms with Gasteiger partial charge in [0.05, 0.1) is 16.3 Å². The van der Waals surface area contributed by atoms with Crippen LogP contribution in [0.1, 0.15) is 19.4 Å². The van der Waals surface area contributed by atoms with E-state index in [2.05, 4.69) is 14.4 Å². The number of rotatable bonds is 3. The topological polar surface area (TPSA) is 112 Å². The summed E-state index contributed by atoms with van der Waals surface area (Å²) in [6.07, 6.45) is 1.19. The molecular formula is C15H14N4O3S. The maximum Gasteiger partial charge on any atom is 0.282 e. The van der Waals surface area contributed by atoms with Crippen molar-refractivity contribution in [3.8, 4) is 0 Å². The van der Waals surface area contributed by atoms with E-state index in [-0.39, 0.29) is 16.3 Å². The Kier molecular flexibility index (Phi) is 4.49. The minimum Gasteiger partial charge on any atom is -0.289 e. The third kappa shape index (κ3) is 3.39. The number of azide groups is 1. The van der Waals surface area contributed by atoms with Crippen molar-refractivity contribution in [2.24, 2.45) is 9.51 Å². The second-order valence-corrected chi connectivity index (χ2v) is 6.67. The maximum atomic E-state index is 12.4. The smallest absolute Gasteiger partial charge is 0.282 e. The Bertz CT molecular complexity index is 916. The molecule has 0 bridgehead atoms. The van der Waals surface area contributed by atoms with Crippen molar-refractivity contribution in [2.75, 3.05) is 0 Å². The second kappa shape index (κ2) is 6.20. The van der Waals surface area contributed by atoms with Crippen LogP contribution in [0.25, 0.3) is 10.4 Å². The lowest BCUT2D eigenvalue weighted by atomic mass is 9.95. The SMILES string of the molecule is CC1=C(C)C(=NS(=O)(=O)c2ccc(C)cc2)C=C(N=[N+]=[N-])C1=O. The number of nitrogens with zero attached hydrogens (tertiary/aromatic N) is 4. The minimum atomic E-state index is -3.93. The summed E-state index contributed by atoms with van der Waals surface area (Å²) in [7, 11) is -3.93. The van der Waals surface area contributed by atoms with E-state index < -0.39 is 15.8 Å². The van der Waals surface area contributed by atoms with Crippen LogP contribution < -0.4 is 0 Å². The van der Waals surface area contributed by atoms with Gasteiger partial charge in [0, 0.05) is 10.5 Å². The van der Waals surface area contributed by atoms with Crippen molar-refractivity contribution < 1.29 is 13.2 Å². The summed E-state index contributed by atoms with van der Waals surface area (Å²) in [6, 6.07) is 6.28. The molecule has 0 aromatic heterocycles. The van der Waals surface area contributed by atoms with Gasteiger partial charge in [0.25, 0.3) is 10.0 Å². The minimum absolute atomic E-state index is 0.0525. The molecule has 0 N–H and O–H groups in total. The maximum absolute atomic E-state index is 12.4. The quantitative estimate of drug-likeness (QED) is 0.367. The van der Waals surface area contributed by atoms with Crippen molar-refractivity contribution in [1.82, 2.24) is 0 Å². The molecule has 8 heteroatoms. The summed E-state index contributed by atoms with van der Waals surface area (Å²) in [6.45, 7) is 4.98. The van der Waals surface area contributed by atoms with Crippen molar-refractivity contribution in [3.63, 3.8) is 0 Å². The Morgan fingerprint density at radius 1 is 1.04 bits per heavy atom. The van der Waals surface area contributed by atoms with Crippen LogP contribution in [-0.2, 0) is 14.8 Å². The highest BCUT2D eigenvalue weighted by atomic mass is 32.2. The third-order valence-electron chi connectivity index (χ3n) is 3.48. The molecule has 0 aliphatic heterocycles. The zero-order chi connectivity index (χ0) is 17.2. The van der Waals surface area contributed by atoms with Gasteiger partial charge in [0.1, 0.15) is 0 Å². The highest BCUT2D eigenvalue weighted by Gasteiger charge is 2.23. The first-order valence-corrected chi connectivity index (χ1v) is 8.11. The first-order chi connectivity index (χ1) is 10.8. The van der Waals surface area contributed by atoms with Gasteiger partial charge in [-0.15, -0.1) is 0 Å². The Balaban J connectivity index is 2.58. The Labute approximate surface area is 133 Å². The molecule has 0 amide bonds. The van der Waals surface area contributed by atoms with E-state index in [1.165, 1.54) is 25.1 Å². The zero-order valence-electron chi connectivity index (χ0n) is 12.8. The molecule has 0 radical (unpaired) electrons. The molecule has 1 aromatic carbocycles. The predicted molar refractivity (Wildman–Crippen MR) is 86.4 cm³/mol. The Morgan fingerprint density at radius 2 is 1.65 bits per heavy atom. The number of hydrogen-bond acceptors (Lipinski definition) is 4. The third-order valence-corrected chi connectivity index (χ3v) is 4.79. The van der Waals surface area contributed by atoms with Gasteiger partial charge in [-0.05, 0) is 50.1 Å². The van der Waals surface area contributed by atoms with Crippen LogP contribution in [0, 0.1) is 6.92 Å². The number of carbonyl (C=O) groups is 1. The average Bonchev–Trinajstić information content (AvgIpc) is 2.50. The lowest BCUT2D eigenvalue weighted by Gasteiger charge is -2.14. The average molecular weight is 330 g/mol. The van der Waals surface area contributed by atoms with Gasteiger partial charge >= 0.3 is 0 Å². The van der Waals surface area contributed by atoms with E-state index in [0.29, 0.717) is 11.1 Å². The molecule has 2 rings (SSSR count). The van der Waals surface area contributed by atoms with Crippen molar-refractivity contribution in [2.45, 2.75) is 25.7 Å². The summed E-state index contributed by atoms with van der Waals surface area (Å²) < 4.78 is 28.5. The number of sulfonamides is 1. The molecule has 0 spiro atoms. The molecule has 0 fully saturated rings. The molecular weight excluding hydrogens is 316 g/mol. The van der Waals surface area contributed by atoms with Crippen molar-refractivity contribution in [1.29, 1.82) is 0 Å². The second-order valence-electron chi connectivity index (χ2n) is 5.06. The zero-order valence-corrected chi connectivity index (χ0v) is 13.6. The van der Waals surface area contributed by atoms with E-state index in [1.807, 2.05) is 6.92 Å². The highest BCUT2D eigenvalue weighted by Crippen LogP contribution is 2.23. The first-order valence-electron chi connectivity index (χ1n) is 6.67. The van der Waals surface area contributed by atoms with Gasteiger partial charge in [0.2, 0.25) is 0 Å². The number of carbonyl (C=O) groups excluding carboxylic acids is 1. The summed E-state index contributed by atoms with van der Waals surface area (Å²) >= 11 is 0. The van der Waals surface area contributed by atoms with E-state index in [1.54, 1.807) is 19.1 Å². The number of benzene rings is 1. The van der Waals surface area contributed by atoms with Crippen LogP contribution in [0.15, 0.2) is 61.6 Å². The summed E-state index contributed by atoms with van der Waals surface area (Å²) in [4.78, 5) is 14.6. The molecule has 118 valence electrons. The fourth-order valence-electron chi connectivity index (χ4n) is 1.97. The van der Waals surface area contributed by atoms with Crippen LogP contribution in [0.5, 0.6) is 0 Å². The molecule has 0 atom stereocenters. The van der Waals surface area contributed by atoms with Crippen LogP contribution in [0.2, 0.25) is 0 Å². The molecule has 7 nitrogen and oxygen atoms in total. The highest BCUT2D eigenvalue weighted by molar-refractivity contribution is 7.90. The van der Waals surface area contributed by atoms with Gasteiger partial charge < -0.3 is 0 Å². The van der Waals surface area contributed by atoms with Gasteiger partial charge in [-0.3, -0.25) is 4.79 Å². The lowest BCUT2D eigenvalue weighted by molar-refractivity contribution is -0.112. The predicted octanol–water partition coefficient (Wildman–Crippen LogP) is 3.24. The van der Waals surface area contributed by atoms with Gasteiger partial charge in [0.15, 0.2) is 5.78 Å². The van der Waals surface area contributed by atoms with Crippen LogP contribution in [-0.4, -0.2) is 19.9 Å². The number of hydrogen-bond donors (Lipinski definition) is 0. The fraction of sp³-hybridized carbons (Fsp3) is 0.200. The van der Waals surface area contributed by atoms with Crippen LogP contribution in [0.4, 0.5) is 0 Å². The number of Topliss-reactive ketones (excluding diaryl/α,β-unsaturated/α-hetero) is 1. The Morgan fingerprint density at radius 3 is 2.22 bits per heavy atom. The monoisotopic (exact) mass is 330 g/mol. The van der Waals surface area contributed by atoms with E-state index in [0.717, 1.165) is 5.56 Å². The molecule has 1 aliphatic rings.